The van der Waals surface area contributed by atoms with Gasteiger partial charge in [0.1, 0.15) is 12.6 Å². The van der Waals surface area contributed by atoms with E-state index >= 15 is 0 Å². The molecule has 3 fully saturated rings. The molecule has 0 amide bonds. The lowest BCUT2D eigenvalue weighted by atomic mass is 9.47. The zero-order chi connectivity index (χ0) is 27.8. The lowest BCUT2D eigenvalue weighted by Gasteiger charge is -2.58. The number of nitrogens with zero attached hydrogens (tertiary/aromatic N) is 3. The predicted octanol–water partition coefficient (Wildman–Crippen LogP) is 7.63. The fourth-order valence-corrected chi connectivity index (χ4v) is 9.67. The van der Waals surface area contributed by atoms with Crippen molar-refractivity contribution >= 4 is 5.97 Å². The fourth-order valence-electron chi connectivity index (χ4n) is 9.67. The van der Waals surface area contributed by atoms with Gasteiger partial charge in [0.15, 0.2) is 0 Å². The van der Waals surface area contributed by atoms with Crippen molar-refractivity contribution in [2.45, 2.75) is 125 Å². The number of rotatable bonds is 10. The van der Waals surface area contributed by atoms with Gasteiger partial charge in [0, 0.05) is 6.42 Å². The first-order valence-electron chi connectivity index (χ1n) is 16.1. The van der Waals surface area contributed by atoms with Crippen molar-refractivity contribution in [2.75, 3.05) is 6.61 Å². The number of ether oxygens (including phenoxy) is 2. The van der Waals surface area contributed by atoms with Crippen LogP contribution in [0.4, 0.5) is 0 Å². The molecule has 0 bridgehead atoms. The lowest BCUT2D eigenvalue weighted by Crippen LogP contribution is -2.51. The van der Waals surface area contributed by atoms with Crippen LogP contribution < -0.4 is 4.74 Å². The zero-order valence-corrected chi connectivity index (χ0v) is 25.5. The number of carbonyl (C=O) groups is 1. The van der Waals surface area contributed by atoms with Crippen LogP contribution >= 0.6 is 0 Å². The van der Waals surface area contributed by atoms with E-state index in [2.05, 4.69) is 51.0 Å². The molecule has 39 heavy (non-hydrogen) atoms. The highest BCUT2D eigenvalue weighted by atomic mass is 16.5. The van der Waals surface area contributed by atoms with E-state index in [1.165, 1.54) is 62.5 Å². The van der Waals surface area contributed by atoms with Crippen molar-refractivity contribution in [3.05, 3.63) is 17.8 Å². The molecule has 0 unspecified atom stereocenters. The molecule has 3 saturated carbocycles. The van der Waals surface area contributed by atoms with Crippen LogP contribution in [-0.4, -0.2) is 33.7 Å². The maximum Gasteiger partial charge on any atom is 0.327 e. The smallest absolute Gasteiger partial charge is 0.327 e. The van der Waals surface area contributed by atoms with E-state index in [0.29, 0.717) is 23.3 Å². The summed E-state index contributed by atoms with van der Waals surface area (Å²) in [5, 5.41) is 8.22. The second-order valence-electron chi connectivity index (χ2n) is 14.3. The molecule has 4 aliphatic rings. The van der Waals surface area contributed by atoms with Gasteiger partial charge in [-0.25, -0.2) is 4.68 Å². The van der Waals surface area contributed by atoms with Crippen LogP contribution in [0.3, 0.4) is 0 Å². The number of fused-ring (bicyclic) bond motifs is 5. The maximum atomic E-state index is 11.8. The van der Waals surface area contributed by atoms with Gasteiger partial charge >= 0.3 is 5.97 Å². The summed E-state index contributed by atoms with van der Waals surface area (Å²) in [6.45, 7) is 14.8. The summed E-state index contributed by atoms with van der Waals surface area (Å²) in [7, 11) is 0. The average molecular weight is 540 g/mol. The van der Waals surface area contributed by atoms with E-state index in [1.54, 1.807) is 18.7 Å². The van der Waals surface area contributed by atoms with Crippen LogP contribution in [0, 0.1) is 46.3 Å². The largest absolute Gasteiger partial charge is 0.472 e. The van der Waals surface area contributed by atoms with Gasteiger partial charge in [0.25, 0.3) is 5.88 Å². The SMILES string of the molecule is CCOC(=O)Cn1cc(O[C@H]2CC[C@@]3(C)C(=CC[C@H]4[C@@H]5CC[C@H]([C@H](C)CCCC(C)C)[C@@]5(C)CC[C@@H]43)C2)nn1. The molecule has 1 aromatic rings. The van der Waals surface area contributed by atoms with Crippen LogP contribution in [-0.2, 0) is 16.1 Å². The molecule has 0 N–H and O–H groups in total. The molecular formula is C33H53N3O3. The minimum absolute atomic E-state index is 0.0683. The Hall–Kier alpha value is -1.85. The lowest BCUT2D eigenvalue weighted by molar-refractivity contribution is -0.144. The number of hydrogen-bond donors (Lipinski definition) is 0. The second-order valence-corrected chi connectivity index (χ2v) is 14.3. The summed E-state index contributed by atoms with van der Waals surface area (Å²) in [6, 6.07) is 0. The molecule has 0 saturated heterocycles. The van der Waals surface area contributed by atoms with Gasteiger partial charge in [-0.2, -0.15) is 0 Å². The fraction of sp³-hybridized carbons (Fsp3) is 0.848. The number of esters is 1. The predicted molar refractivity (Wildman–Crippen MR) is 154 cm³/mol. The molecule has 8 atom stereocenters. The van der Waals surface area contributed by atoms with E-state index in [9.17, 15) is 4.79 Å². The standard InChI is InChI=1S/C33H53N3O3/c1-7-38-31(37)21-36-20-30(34-35-36)39-25-15-17-32(5)24(19-25)11-12-26-28-14-13-27(23(4)10-8-9-22(2)3)33(28,6)18-16-29(26)32/h11,20,22-23,25-29H,7-10,12-19,21H2,1-6H3/t23-,25+,26+,27-,28+,29+,32+,33-/m1/s1. The molecular weight excluding hydrogens is 486 g/mol. The second kappa shape index (κ2) is 11.6. The van der Waals surface area contributed by atoms with Gasteiger partial charge in [-0.1, -0.05) is 75.8 Å². The van der Waals surface area contributed by atoms with Crippen molar-refractivity contribution in [1.29, 1.82) is 0 Å². The van der Waals surface area contributed by atoms with Gasteiger partial charge < -0.3 is 9.47 Å². The normalized spacial score (nSPS) is 36.5. The third-order valence-electron chi connectivity index (χ3n) is 11.7. The van der Waals surface area contributed by atoms with E-state index in [1.807, 2.05) is 0 Å². The number of allylic oxidation sites excluding steroid dienone is 1. The van der Waals surface area contributed by atoms with Crippen LogP contribution in [0.5, 0.6) is 5.88 Å². The molecule has 0 spiro atoms. The minimum Gasteiger partial charge on any atom is -0.472 e. The van der Waals surface area contributed by atoms with Crippen LogP contribution in [0.2, 0.25) is 0 Å². The van der Waals surface area contributed by atoms with E-state index in [4.69, 9.17) is 9.47 Å². The Balaban J connectivity index is 1.21. The van der Waals surface area contributed by atoms with Crippen molar-refractivity contribution < 1.29 is 14.3 Å². The summed E-state index contributed by atoms with van der Waals surface area (Å²) in [5.74, 6) is 5.37. The van der Waals surface area contributed by atoms with Crippen LogP contribution in [0.15, 0.2) is 17.8 Å². The number of aromatic nitrogens is 3. The molecule has 0 radical (unpaired) electrons. The summed E-state index contributed by atoms with van der Waals surface area (Å²) in [5.41, 5.74) is 2.47. The summed E-state index contributed by atoms with van der Waals surface area (Å²) < 4.78 is 12.8. The molecule has 218 valence electrons. The first-order chi connectivity index (χ1) is 18.6. The van der Waals surface area contributed by atoms with Crippen molar-refractivity contribution in [2.24, 2.45) is 46.3 Å². The number of carbonyl (C=O) groups excluding carboxylic acids is 1. The minimum atomic E-state index is -0.304. The van der Waals surface area contributed by atoms with Crippen LogP contribution in [0.25, 0.3) is 0 Å². The highest BCUT2D eigenvalue weighted by molar-refractivity contribution is 5.68. The summed E-state index contributed by atoms with van der Waals surface area (Å²) in [4.78, 5) is 11.8. The Morgan fingerprint density at radius 2 is 1.92 bits per heavy atom. The Morgan fingerprint density at radius 3 is 2.69 bits per heavy atom. The molecule has 1 aromatic heterocycles. The maximum absolute atomic E-state index is 11.8. The van der Waals surface area contributed by atoms with Crippen LogP contribution in [0.1, 0.15) is 112 Å². The molecule has 0 aromatic carbocycles. The monoisotopic (exact) mass is 539 g/mol. The summed E-state index contributed by atoms with van der Waals surface area (Å²) >= 11 is 0. The third-order valence-corrected chi connectivity index (χ3v) is 11.7. The quantitative estimate of drug-likeness (QED) is 0.226. The highest BCUT2D eigenvalue weighted by Crippen LogP contribution is 2.67. The molecule has 1 heterocycles. The van der Waals surface area contributed by atoms with Gasteiger partial charge in [-0.15, -0.1) is 0 Å². The van der Waals surface area contributed by atoms with E-state index in [0.717, 1.165) is 48.3 Å². The van der Waals surface area contributed by atoms with Crippen molar-refractivity contribution in [3.63, 3.8) is 0 Å². The molecule has 6 nitrogen and oxygen atoms in total. The van der Waals surface area contributed by atoms with E-state index in [-0.39, 0.29) is 18.6 Å². The third kappa shape index (κ3) is 5.68. The first kappa shape index (κ1) is 28.7. The molecule has 4 aliphatic carbocycles. The molecule has 5 rings (SSSR count). The summed E-state index contributed by atoms with van der Waals surface area (Å²) in [6.07, 6.45) is 18.9. The zero-order valence-electron chi connectivity index (χ0n) is 25.5. The van der Waals surface area contributed by atoms with Crippen molar-refractivity contribution in [3.8, 4) is 5.88 Å². The van der Waals surface area contributed by atoms with E-state index < -0.39 is 0 Å². The topological polar surface area (TPSA) is 66.2 Å². The molecule has 0 aliphatic heterocycles. The van der Waals surface area contributed by atoms with Gasteiger partial charge in [0.05, 0.1) is 12.8 Å². The Kier molecular flexibility index (Phi) is 8.50. The van der Waals surface area contributed by atoms with Crippen molar-refractivity contribution in [1.82, 2.24) is 15.0 Å². The number of hydrogen-bond acceptors (Lipinski definition) is 5. The average Bonchev–Trinajstić information content (AvgIpc) is 3.47. The van der Waals surface area contributed by atoms with Gasteiger partial charge in [-0.3, -0.25) is 4.79 Å². The first-order valence-corrected chi connectivity index (χ1v) is 16.1. The highest BCUT2D eigenvalue weighted by Gasteiger charge is 2.59. The van der Waals surface area contributed by atoms with Gasteiger partial charge in [0.2, 0.25) is 0 Å². The van der Waals surface area contributed by atoms with Gasteiger partial charge in [-0.05, 0) is 98.2 Å². The Labute approximate surface area is 236 Å². The Bertz CT molecular complexity index is 1030. The molecule has 6 heteroatoms. The Morgan fingerprint density at radius 1 is 1.10 bits per heavy atom.